The second kappa shape index (κ2) is 9.07. The van der Waals surface area contributed by atoms with Gasteiger partial charge in [-0.2, -0.15) is 0 Å². The van der Waals surface area contributed by atoms with Crippen molar-refractivity contribution in [3.05, 3.63) is 102 Å². The normalized spacial score (nSPS) is 25.2. The Morgan fingerprint density at radius 3 is 2.13 bits per heavy atom. The summed E-state index contributed by atoms with van der Waals surface area (Å²) in [5.41, 5.74) is 3.87. The van der Waals surface area contributed by atoms with Crippen molar-refractivity contribution in [2.24, 2.45) is 10.9 Å². The molecule has 31 heavy (non-hydrogen) atoms. The van der Waals surface area contributed by atoms with Crippen molar-refractivity contribution in [3.8, 4) is 5.75 Å². The molecule has 2 bridgehead atoms. The largest absolute Gasteiger partial charge is 0.497 e. The van der Waals surface area contributed by atoms with Crippen molar-refractivity contribution in [1.29, 1.82) is 0 Å². The number of aliphatic imine (C=N–C) groups is 1. The van der Waals surface area contributed by atoms with Gasteiger partial charge in [-0.25, -0.2) is 0 Å². The van der Waals surface area contributed by atoms with Crippen molar-refractivity contribution in [2.75, 3.05) is 20.2 Å². The summed E-state index contributed by atoms with van der Waals surface area (Å²) in [7, 11) is 1.71. The lowest BCUT2D eigenvalue weighted by molar-refractivity contribution is 0.0215. The van der Waals surface area contributed by atoms with E-state index in [0.29, 0.717) is 23.9 Å². The van der Waals surface area contributed by atoms with Gasteiger partial charge in [0.25, 0.3) is 0 Å². The Labute approximate surface area is 185 Å². The zero-order valence-corrected chi connectivity index (χ0v) is 18.1. The van der Waals surface area contributed by atoms with Gasteiger partial charge >= 0.3 is 0 Å². The molecular formula is C28H30N2O. The summed E-state index contributed by atoms with van der Waals surface area (Å²) in [6.45, 7) is 2.35. The van der Waals surface area contributed by atoms with E-state index in [1.165, 1.54) is 37.1 Å². The maximum Gasteiger partial charge on any atom is 0.119 e. The van der Waals surface area contributed by atoms with Crippen LogP contribution in [0.3, 0.4) is 0 Å². The first-order chi connectivity index (χ1) is 15.3. The molecule has 0 radical (unpaired) electrons. The zero-order chi connectivity index (χ0) is 21.0. The molecule has 3 aromatic carbocycles. The summed E-state index contributed by atoms with van der Waals surface area (Å²) >= 11 is 0. The molecule has 3 aliphatic heterocycles. The Morgan fingerprint density at radius 1 is 0.871 bits per heavy atom. The van der Waals surface area contributed by atoms with Crippen molar-refractivity contribution >= 4 is 6.21 Å². The molecule has 158 valence electrons. The lowest BCUT2D eigenvalue weighted by Crippen LogP contribution is -2.59. The highest BCUT2D eigenvalue weighted by molar-refractivity contribution is 5.80. The van der Waals surface area contributed by atoms with Crippen molar-refractivity contribution in [2.45, 2.75) is 30.8 Å². The minimum Gasteiger partial charge on any atom is -0.497 e. The molecule has 0 amide bonds. The first-order valence-corrected chi connectivity index (χ1v) is 11.3. The van der Waals surface area contributed by atoms with Crippen LogP contribution in [0.1, 0.15) is 35.4 Å². The quantitative estimate of drug-likeness (QED) is 0.508. The molecule has 3 aromatic rings. The number of rotatable bonds is 6. The Kier molecular flexibility index (Phi) is 5.86. The van der Waals surface area contributed by atoms with E-state index in [4.69, 9.17) is 9.73 Å². The summed E-state index contributed by atoms with van der Waals surface area (Å²) in [5, 5.41) is 0. The van der Waals surface area contributed by atoms with Crippen LogP contribution >= 0.6 is 0 Å². The van der Waals surface area contributed by atoms with Crippen molar-refractivity contribution in [1.82, 2.24) is 4.90 Å². The van der Waals surface area contributed by atoms with Gasteiger partial charge in [-0.15, -0.1) is 0 Å². The number of nitrogens with zero attached hydrogens (tertiary/aromatic N) is 2. The van der Waals surface area contributed by atoms with Crippen LogP contribution in [-0.4, -0.2) is 43.4 Å². The number of piperidine rings is 3. The predicted molar refractivity (Wildman–Crippen MR) is 127 cm³/mol. The summed E-state index contributed by atoms with van der Waals surface area (Å²) in [5.74, 6) is 1.84. The SMILES string of the molecule is COc1cccc(C=N[C@@H]2C3CCN(CC3)[C@@H]2C(c2ccccc2)c2ccccc2)c1. The van der Waals surface area contributed by atoms with Crippen LogP contribution in [0.15, 0.2) is 89.9 Å². The molecule has 0 N–H and O–H groups in total. The lowest BCUT2D eigenvalue weighted by Gasteiger charge is -2.52. The molecule has 3 heteroatoms. The molecule has 0 aliphatic carbocycles. The maximum absolute atomic E-state index is 5.40. The van der Waals surface area contributed by atoms with E-state index in [-0.39, 0.29) is 0 Å². The molecule has 2 atom stereocenters. The highest BCUT2D eigenvalue weighted by Gasteiger charge is 2.46. The molecule has 0 saturated carbocycles. The predicted octanol–water partition coefficient (Wildman–Crippen LogP) is 5.41. The first-order valence-electron chi connectivity index (χ1n) is 11.3. The van der Waals surface area contributed by atoms with Crippen LogP contribution in [0.5, 0.6) is 5.75 Å². The Hall–Kier alpha value is -2.91. The van der Waals surface area contributed by atoms with E-state index in [2.05, 4.69) is 83.9 Å². The fraction of sp³-hybridized carbons (Fsp3) is 0.321. The molecule has 0 aromatic heterocycles. The van der Waals surface area contributed by atoms with Gasteiger partial charge < -0.3 is 4.74 Å². The number of methoxy groups -OCH3 is 1. The number of benzene rings is 3. The van der Waals surface area contributed by atoms with Crippen LogP contribution in [0, 0.1) is 5.92 Å². The monoisotopic (exact) mass is 410 g/mol. The van der Waals surface area contributed by atoms with Gasteiger partial charge in [-0.1, -0.05) is 72.8 Å². The average Bonchev–Trinajstić information content (AvgIpc) is 2.85. The standard InChI is InChI=1S/C28H30N2O/c1-31-25-14-8-9-21(19-25)20-29-27-24-15-17-30(18-16-24)28(27)26(22-10-4-2-5-11-22)23-12-6-3-7-13-23/h2-14,19-20,24,26-28H,15-18H2,1H3/t27-,28-/m1/s1. The second-order valence-corrected chi connectivity index (χ2v) is 8.71. The molecule has 0 spiro atoms. The lowest BCUT2D eigenvalue weighted by atomic mass is 9.71. The van der Waals surface area contributed by atoms with Crippen LogP contribution in [0.25, 0.3) is 0 Å². The fourth-order valence-electron chi connectivity index (χ4n) is 5.47. The number of fused-ring (bicyclic) bond motifs is 3. The van der Waals surface area contributed by atoms with Gasteiger partial charge in [0, 0.05) is 18.2 Å². The van der Waals surface area contributed by atoms with Gasteiger partial charge in [0.15, 0.2) is 0 Å². The third kappa shape index (κ3) is 4.15. The van der Waals surface area contributed by atoms with Crippen molar-refractivity contribution in [3.63, 3.8) is 0 Å². The van der Waals surface area contributed by atoms with E-state index >= 15 is 0 Å². The minimum atomic E-state index is 0.291. The minimum absolute atomic E-state index is 0.291. The van der Waals surface area contributed by atoms with Gasteiger partial charge in [-0.3, -0.25) is 9.89 Å². The first kappa shape index (κ1) is 20.0. The molecule has 3 nitrogen and oxygen atoms in total. The number of ether oxygens (including phenoxy) is 1. The van der Waals surface area contributed by atoms with Crippen molar-refractivity contribution < 1.29 is 4.74 Å². The summed E-state index contributed by atoms with van der Waals surface area (Å²) < 4.78 is 5.40. The molecule has 3 aliphatic rings. The number of hydrogen-bond donors (Lipinski definition) is 0. The molecule has 3 saturated heterocycles. The van der Waals surface area contributed by atoms with Gasteiger partial charge in [0.1, 0.15) is 5.75 Å². The van der Waals surface area contributed by atoms with Gasteiger partial charge in [0.2, 0.25) is 0 Å². The zero-order valence-electron chi connectivity index (χ0n) is 18.1. The highest BCUT2D eigenvalue weighted by Crippen LogP contribution is 2.43. The van der Waals surface area contributed by atoms with Crippen LogP contribution in [0.2, 0.25) is 0 Å². The van der Waals surface area contributed by atoms with Crippen LogP contribution in [0.4, 0.5) is 0 Å². The molecule has 6 rings (SSSR count). The maximum atomic E-state index is 5.40. The highest BCUT2D eigenvalue weighted by atomic mass is 16.5. The van der Waals surface area contributed by atoms with E-state index < -0.39 is 0 Å². The fourth-order valence-corrected chi connectivity index (χ4v) is 5.47. The van der Waals surface area contributed by atoms with Crippen LogP contribution < -0.4 is 4.74 Å². The molecule has 0 unspecified atom stereocenters. The Morgan fingerprint density at radius 2 is 1.52 bits per heavy atom. The summed E-state index contributed by atoms with van der Waals surface area (Å²) in [6.07, 6.45) is 4.55. The van der Waals surface area contributed by atoms with E-state index in [1.807, 2.05) is 12.1 Å². The smallest absolute Gasteiger partial charge is 0.119 e. The van der Waals surface area contributed by atoms with E-state index in [1.54, 1.807) is 7.11 Å². The summed E-state index contributed by atoms with van der Waals surface area (Å²) in [4.78, 5) is 7.94. The molecule has 3 heterocycles. The number of hydrogen-bond acceptors (Lipinski definition) is 3. The average molecular weight is 411 g/mol. The second-order valence-electron chi connectivity index (χ2n) is 8.71. The third-order valence-corrected chi connectivity index (χ3v) is 6.98. The Balaban J connectivity index is 1.54. The molecule has 3 fully saturated rings. The van der Waals surface area contributed by atoms with Crippen LogP contribution in [-0.2, 0) is 0 Å². The van der Waals surface area contributed by atoms with Gasteiger partial charge in [0.05, 0.1) is 13.2 Å². The summed E-state index contributed by atoms with van der Waals surface area (Å²) in [6, 6.07) is 30.8. The third-order valence-electron chi connectivity index (χ3n) is 6.98. The van der Waals surface area contributed by atoms with Gasteiger partial charge in [-0.05, 0) is 60.7 Å². The van der Waals surface area contributed by atoms with E-state index in [0.717, 1.165) is 11.3 Å². The Bertz CT molecular complexity index is 970. The molecular weight excluding hydrogens is 380 g/mol. The van der Waals surface area contributed by atoms with E-state index in [9.17, 15) is 0 Å². The topological polar surface area (TPSA) is 24.8 Å².